The summed E-state index contributed by atoms with van der Waals surface area (Å²) in [7, 11) is 0. The van der Waals surface area contributed by atoms with Crippen LogP contribution in [0.25, 0.3) is 0 Å². The van der Waals surface area contributed by atoms with Gasteiger partial charge < -0.3 is 2.85 Å². The first-order chi connectivity index (χ1) is 3.35. The molecule has 7 heavy (non-hydrogen) atoms. The molecular formula is C5H17GeN-2. The van der Waals surface area contributed by atoms with Gasteiger partial charge in [0.2, 0.25) is 0 Å². The minimum Gasteiger partial charge on any atom is -1.00 e. The fraction of sp³-hybridized carbons (Fsp3) is 1.00. The van der Waals surface area contributed by atoms with Crippen LogP contribution in [-0.4, -0.2) is 32.6 Å². The first-order valence-corrected chi connectivity index (χ1v) is 7.36. The van der Waals surface area contributed by atoms with Crippen LogP contribution in [0.1, 0.15) is 16.7 Å². The van der Waals surface area contributed by atoms with Crippen LogP contribution in [0.4, 0.5) is 0 Å². The molecule has 0 aliphatic carbocycles. The van der Waals surface area contributed by atoms with Crippen LogP contribution >= 0.6 is 0 Å². The molecule has 0 aromatic rings. The van der Waals surface area contributed by atoms with Crippen molar-refractivity contribution in [2.45, 2.75) is 19.6 Å². The smallest absolute Gasteiger partial charge is 1.00 e. The van der Waals surface area contributed by atoms with E-state index in [9.17, 15) is 0 Å². The van der Waals surface area contributed by atoms with E-state index in [2.05, 4.69) is 23.5 Å². The number of hydrogen-bond donors (Lipinski definition) is 0. The van der Waals surface area contributed by atoms with Crippen LogP contribution in [0.5, 0.6) is 0 Å². The van der Waals surface area contributed by atoms with Crippen molar-refractivity contribution in [1.29, 1.82) is 0 Å². The van der Waals surface area contributed by atoms with Crippen molar-refractivity contribution in [2.75, 3.05) is 13.1 Å². The molecule has 0 aromatic carbocycles. The van der Waals surface area contributed by atoms with Crippen molar-refractivity contribution in [3.63, 3.8) is 0 Å². The fourth-order valence-electron chi connectivity index (χ4n) is 0.671. The summed E-state index contributed by atoms with van der Waals surface area (Å²) in [6, 6.07) is 0. The Balaban J connectivity index is -0.000000180. The normalized spacial score (nSPS) is 12.0. The number of nitrogens with zero attached hydrogens (tertiary/aromatic N) is 1. The van der Waals surface area contributed by atoms with E-state index in [0.29, 0.717) is 0 Å². The Bertz CT molecular complexity index is 36.4. The predicted octanol–water partition coefficient (Wildman–Crippen LogP) is 0.685. The van der Waals surface area contributed by atoms with Crippen molar-refractivity contribution in [3.8, 4) is 0 Å². The molecule has 48 valence electrons. The zero-order valence-electron chi connectivity index (χ0n) is 7.57. The van der Waals surface area contributed by atoms with Crippen LogP contribution in [0.2, 0.25) is 5.76 Å². The molecule has 0 aromatic heterocycles. The van der Waals surface area contributed by atoms with Crippen molar-refractivity contribution in [1.82, 2.24) is 3.86 Å². The van der Waals surface area contributed by atoms with Crippen molar-refractivity contribution in [3.05, 3.63) is 0 Å². The second-order valence-electron chi connectivity index (χ2n) is 1.62. The number of rotatable bonds is 3. The van der Waals surface area contributed by atoms with E-state index < -0.39 is 0 Å². The molecule has 0 saturated carbocycles. The molecule has 0 bridgehead atoms. The van der Waals surface area contributed by atoms with Gasteiger partial charge in [0.15, 0.2) is 0 Å². The topological polar surface area (TPSA) is 3.24 Å². The summed E-state index contributed by atoms with van der Waals surface area (Å²) in [6.07, 6.45) is 0. The van der Waals surface area contributed by atoms with Crippen molar-refractivity contribution >= 4 is 15.7 Å². The van der Waals surface area contributed by atoms with Gasteiger partial charge in [0, 0.05) is 0 Å². The molecule has 0 saturated heterocycles. The third-order valence-corrected chi connectivity index (χ3v) is 5.09. The second kappa shape index (κ2) is 4.66. The maximum atomic E-state index is 2.56. The fourth-order valence-corrected chi connectivity index (χ4v) is 2.55. The van der Waals surface area contributed by atoms with Gasteiger partial charge in [0.05, 0.1) is 0 Å². The van der Waals surface area contributed by atoms with Crippen LogP contribution in [0, 0.1) is 0 Å². The van der Waals surface area contributed by atoms with Crippen molar-refractivity contribution < 1.29 is 2.85 Å². The summed E-state index contributed by atoms with van der Waals surface area (Å²) >= 11 is -0.198. The molecule has 0 radical (unpaired) electrons. The van der Waals surface area contributed by atoms with Crippen LogP contribution in [0.15, 0.2) is 0 Å². The van der Waals surface area contributed by atoms with Gasteiger partial charge in [0.1, 0.15) is 0 Å². The van der Waals surface area contributed by atoms with Gasteiger partial charge >= 0.3 is 52.2 Å². The van der Waals surface area contributed by atoms with Crippen LogP contribution < -0.4 is 0 Å². The van der Waals surface area contributed by atoms with Crippen LogP contribution in [-0.2, 0) is 0 Å². The largest absolute Gasteiger partial charge is 1.00 e. The average Bonchev–Trinajstić information content (AvgIpc) is 1.72. The third kappa shape index (κ3) is 3.12. The Hall–Kier alpha value is 0.503. The molecule has 0 heterocycles. The Morgan fingerprint density at radius 2 is 1.86 bits per heavy atom. The van der Waals surface area contributed by atoms with Gasteiger partial charge in [-0.05, 0) is 0 Å². The standard InChI is InChI=1S/C5H15GeN.2H/c1-4-7(5-2)6-3;;/h4-6H2,1-3H3;;/q;2*-1. The van der Waals surface area contributed by atoms with Crippen LogP contribution in [0.3, 0.4) is 0 Å². The molecule has 0 aliphatic heterocycles. The monoisotopic (exact) mass is 165 g/mol. The zero-order chi connectivity index (χ0) is 5.70. The average molecular weight is 164 g/mol. The summed E-state index contributed by atoms with van der Waals surface area (Å²) in [4.78, 5) is 0. The summed E-state index contributed by atoms with van der Waals surface area (Å²) < 4.78 is 2.56. The summed E-state index contributed by atoms with van der Waals surface area (Å²) in [5.74, 6) is 2.38. The molecule has 0 aliphatic rings. The molecule has 0 unspecified atom stereocenters. The maximum Gasteiger partial charge on any atom is -1.00 e. The zero-order valence-corrected chi connectivity index (χ0v) is 8.54. The summed E-state index contributed by atoms with van der Waals surface area (Å²) in [5.41, 5.74) is 0. The van der Waals surface area contributed by atoms with E-state index in [4.69, 9.17) is 0 Å². The molecular weight excluding hydrogens is 147 g/mol. The van der Waals surface area contributed by atoms with E-state index in [-0.39, 0.29) is 18.5 Å². The third-order valence-electron chi connectivity index (χ3n) is 1.34. The summed E-state index contributed by atoms with van der Waals surface area (Å²) in [5, 5.41) is 0. The second-order valence-corrected chi connectivity index (χ2v) is 4.82. The van der Waals surface area contributed by atoms with Gasteiger partial charge in [-0.2, -0.15) is 0 Å². The predicted molar refractivity (Wildman–Crippen MR) is 39.6 cm³/mol. The first kappa shape index (κ1) is 7.50. The van der Waals surface area contributed by atoms with E-state index in [1.54, 1.807) is 0 Å². The van der Waals surface area contributed by atoms with Crippen molar-refractivity contribution in [2.24, 2.45) is 0 Å². The Labute approximate surface area is 55.7 Å². The molecule has 0 rings (SSSR count). The number of hydrogen-bond acceptors (Lipinski definition) is 1. The van der Waals surface area contributed by atoms with Gasteiger partial charge in [0.25, 0.3) is 0 Å². The van der Waals surface area contributed by atoms with E-state index in [1.165, 1.54) is 13.1 Å². The Morgan fingerprint density at radius 3 is 1.86 bits per heavy atom. The van der Waals surface area contributed by atoms with Gasteiger partial charge in [-0.3, -0.25) is 0 Å². The Kier molecular flexibility index (Phi) is 4.99. The van der Waals surface area contributed by atoms with Gasteiger partial charge in [-0.1, -0.05) is 0 Å². The molecule has 0 fully saturated rings. The van der Waals surface area contributed by atoms with E-state index in [1.807, 2.05) is 0 Å². The molecule has 0 amide bonds. The Morgan fingerprint density at radius 1 is 1.43 bits per heavy atom. The molecule has 0 atom stereocenters. The first-order valence-electron chi connectivity index (χ1n) is 3.07. The molecule has 0 spiro atoms. The van der Waals surface area contributed by atoms with E-state index >= 15 is 0 Å². The van der Waals surface area contributed by atoms with Gasteiger partial charge in [-0.15, -0.1) is 0 Å². The SMILES string of the molecule is CC[N](CC)[GeH2][CH3].[H-].[H-]. The summed E-state index contributed by atoms with van der Waals surface area (Å²) in [6.45, 7) is 7.01. The minimum atomic E-state index is -0.198. The minimum absolute atomic E-state index is 0. The maximum absolute atomic E-state index is 2.56. The van der Waals surface area contributed by atoms with E-state index in [0.717, 1.165) is 0 Å². The quantitative estimate of drug-likeness (QED) is 0.554. The molecule has 0 N–H and O–H groups in total. The van der Waals surface area contributed by atoms with Gasteiger partial charge in [-0.25, -0.2) is 0 Å². The molecule has 2 heteroatoms. The molecule has 1 nitrogen and oxygen atoms in total.